The van der Waals surface area contributed by atoms with Gasteiger partial charge < -0.3 is 10.2 Å². The zero-order valence-electron chi connectivity index (χ0n) is 14.6. The van der Waals surface area contributed by atoms with E-state index in [9.17, 15) is 15.5 Å². The molecule has 0 aromatic carbocycles. The van der Waals surface area contributed by atoms with Gasteiger partial charge in [0.25, 0.3) is 0 Å². The van der Waals surface area contributed by atoms with Crippen molar-refractivity contribution >= 4 is 0 Å². The molecule has 0 aromatic rings. The molecule has 0 saturated heterocycles. The number of hydrogen-bond donors (Lipinski definition) is 2. The molecule has 1 unspecified atom stereocenters. The van der Waals surface area contributed by atoms with Crippen LogP contribution in [0, 0.1) is 34.0 Å². The highest BCUT2D eigenvalue weighted by Crippen LogP contribution is 2.63. The Morgan fingerprint density at radius 2 is 2.09 bits per heavy atom. The Hall–Kier alpha value is -1.11. The summed E-state index contributed by atoms with van der Waals surface area (Å²) < 4.78 is 0. The zero-order valence-corrected chi connectivity index (χ0v) is 14.6. The number of hydrogen-bond acceptors (Lipinski definition) is 3. The number of allylic oxidation sites excluding steroid dienone is 3. The van der Waals surface area contributed by atoms with E-state index >= 15 is 0 Å². The number of nitriles is 1. The quantitative estimate of drug-likeness (QED) is 0.763. The van der Waals surface area contributed by atoms with Crippen LogP contribution in [0.15, 0.2) is 22.8 Å². The van der Waals surface area contributed by atoms with Gasteiger partial charge in [0.1, 0.15) is 0 Å². The van der Waals surface area contributed by atoms with Crippen LogP contribution in [0.2, 0.25) is 0 Å². The lowest BCUT2D eigenvalue weighted by Gasteiger charge is -2.50. The monoisotopic (exact) mass is 315 g/mol. The molecule has 4 atom stereocenters. The minimum Gasteiger partial charge on any atom is -0.392 e. The lowest BCUT2D eigenvalue weighted by molar-refractivity contribution is -0.0248. The first-order valence-electron chi connectivity index (χ1n) is 8.99. The van der Waals surface area contributed by atoms with Crippen molar-refractivity contribution in [3.8, 4) is 6.07 Å². The van der Waals surface area contributed by atoms with Crippen LogP contribution < -0.4 is 0 Å². The Kier molecular flexibility index (Phi) is 4.19. The number of aliphatic hydroxyl groups excluding tert-OH is 2. The highest BCUT2D eigenvalue weighted by molar-refractivity contribution is 5.41. The fraction of sp³-hybridized carbons (Fsp3) is 0.750. The molecule has 0 aliphatic heterocycles. The van der Waals surface area contributed by atoms with E-state index in [2.05, 4.69) is 32.9 Å². The Morgan fingerprint density at radius 3 is 2.70 bits per heavy atom. The zero-order chi connectivity index (χ0) is 16.8. The van der Waals surface area contributed by atoms with E-state index in [1.165, 1.54) is 11.1 Å². The standard InChI is InChI=1S/C20H29NO2/c1-13(2)15-6-7-20(12-21)9-8-19(3)16(18(15)20)5-4-14(11-22)10-17(19)23/h4,13,16-17,22-23H,5-11H2,1-3H3/t16-,17?,19-,20-/m0/s1. The van der Waals surface area contributed by atoms with Crippen molar-refractivity contribution in [3.63, 3.8) is 0 Å². The van der Waals surface area contributed by atoms with E-state index in [0.29, 0.717) is 12.3 Å². The van der Waals surface area contributed by atoms with Gasteiger partial charge >= 0.3 is 0 Å². The molecule has 3 rings (SSSR count). The maximum atomic E-state index is 10.9. The first-order valence-corrected chi connectivity index (χ1v) is 8.99. The van der Waals surface area contributed by atoms with Gasteiger partial charge in [-0.2, -0.15) is 5.26 Å². The van der Waals surface area contributed by atoms with Gasteiger partial charge in [-0.15, -0.1) is 0 Å². The van der Waals surface area contributed by atoms with Gasteiger partial charge in [-0.1, -0.05) is 32.4 Å². The van der Waals surface area contributed by atoms with Gasteiger partial charge in [-0.05, 0) is 61.5 Å². The summed E-state index contributed by atoms with van der Waals surface area (Å²) in [4.78, 5) is 0. The summed E-state index contributed by atoms with van der Waals surface area (Å²) in [5.41, 5.74) is 3.25. The highest BCUT2D eigenvalue weighted by atomic mass is 16.3. The third kappa shape index (κ3) is 2.39. The van der Waals surface area contributed by atoms with Crippen LogP contribution in [-0.4, -0.2) is 22.9 Å². The predicted molar refractivity (Wildman–Crippen MR) is 90.4 cm³/mol. The molecule has 0 radical (unpaired) electrons. The van der Waals surface area contributed by atoms with Crippen molar-refractivity contribution in [3.05, 3.63) is 22.8 Å². The molecular weight excluding hydrogens is 286 g/mol. The molecule has 3 heteroatoms. The molecule has 1 saturated carbocycles. The average Bonchev–Trinajstić information content (AvgIpc) is 2.87. The van der Waals surface area contributed by atoms with Crippen molar-refractivity contribution in [1.82, 2.24) is 0 Å². The molecule has 3 aliphatic rings. The molecule has 0 heterocycles. The molecule has 23 heavy (non-hydrogen) atoms. The molecule has 3 aliphatic carbocycles. The smallest absolute Gasteiger partial charge is 0.0791 e. The topological polar surface area (TPSA) is 64.2 Å². The number of fused-ring (bicyclic) bond motifs is 3. The van der Waals surface area contributed by atoms with Crippen LogP contribution in [0.5, 0.6) is 0 Å². The van der Waals surface area contributed by atoms with Gasteiger partial charge in [0.15, 0.2) is 0 Å². The van der Waals surface area contributed by atoms with Crippen molar-refractivity contribution in [2.75, 3.05) is 6.61 Å². The van der Waals surface area contributed by atoms with Crippen LogP contribution in [0.4, 0.5) is 0 Å². The molecule has 2 N–H and O–H groups in total. The summed E-state index contributed by atoms with van der Waals surface area (Å²) in [6.45, 7) is 6.67. The molecule has 0 spiro atoms. The molecule has 0 amide bonds. The summed E-state index contributed by atoms with van der Waals surface area (Å²) in [5, 5.41) is 30.4. The molecule has 126 valence electrons. The Balaban J connectivity index is 2.13. The lowest BCUT2D eigenvalue weighted by Crippen LogP contribution is -2.47. The van der Waals surface area contributed by atoms with Crippen molar-refractivity contribution in [2.45, 2.75) is 65.4 Å². The Labute approximate surface area is 139 Å². The average molecular weight is 315 g/mol. The van der Waals surface area contributed by atoms with Crippen LogP contribution in [-0.2, 0) is 0 Å². The van der Waals surface area contributed by atoms with Crippen molar-refractivity contribution < 1.29 is 10.2 Å². The van der Waals surface area contributed by atoms with Gasteiger partial charge in [-0.25, -0.2) is 0 Å². The third-order valence-electron chi connectivity index (χ3n) is 6.89. The minimum atomic E-state index is -0.438. The SMILES string of the molecule is CC(C)C1=C2[C@@H]3CC=C(CO)CC(O)[C@@]3(C)CC[C@]2(C#N)CC1. The van der Waals surface area contributed by atoms with Gasteiger partial charge in [-0.3, -0.25) is 0 Å². The summed E-state index contributed by atoms with van der Waals surface area (Å²) in [5.74, 6) is 0.694. The van der Waals surface area contributed by atoms with E-state index in [0.717, 1.165) is 37.7 Å². The predicted octanol–water partition coefficient (Wildman–Crippen LogP) is 3.73. The van der Waals surface area contributed by atoms with Crippen LogP contribution in [0.1, 0.15) is 59.3 Å². The summed E-state index contributed by atoms with van der Waals surface area (Å²) in [6, 6.07) is 2.67. The Morgan fingerprint density at radius 1 is 1.35 bits per heavy atom. The fourth-order valence-corrected chi connectivity index (χ4v) is 5.26. The van der Waals surface area contributed by atoms with Gasteiger partial charge in [0.05, 0.1) is 24.2 Å². The molecule has 0 aromatic heterocycles. The molecule has 3 nitrogen and oxygen atoms in total. The third-order valence-corrected chi connectivity index (χ3v) is 6.89. The first-order chi connectivity index (χ1) is 10.9. The Bertz CT molecular complexity index is 597. The van der Waals surface area contributed by atoms with Crippen LogP contribution in [0.25, 0.3) is 0 Å². The second-order valence-corrected chi connectivity index (χ2v) is 8.32. The normalized spacial score (nSPS) is 40.3. The van der Waals surface area contributed by atoms with E-state index in [1.807, 2.05) is 0 Å². The maximum absolute atomic E-state index is 10.9. The second-order valence-electron chi connectivity index (χ2n) is 8.32. The second kappa shape index (κ2) is 5.76. The van der Waals surface area contributed by atoms with E-state index in [-0.39, 0.29) is 23.4 Å². The maximum Gasteiger partial charge on any atom is 0.0791 e. The van der Waals surface area contributed by atoms with Crippen molar-refractivity contribution in [1.29, 1.82) is 5.26 Å². The van der Waals surface area contributed by atoms with E-state index < -0.39 is 6.10 Å². The van der Waals surface area contributed by atoms with Crippen LogP contribution >= 0.6 is 0 Å². The summed E-state index contributed by atoms with van der Waals surface area (Å²) in [7, 11) is 0. The first kappa shape index (κ1) is 16.7. The van der Waals surface area contributed by atoms with Crippen molar-refractivity contribution in [2.24, 2.45) is 22.7 Å². The summed E-state index contributed by atoms with van der Waals surface area (Å²) in [6.07, 6.45) is 6.83. The number of nitrogens with zero attached hydrogens (tertiary/aromatic N) is 1. The number of rotatable bonds is 2. The molecule has 1 fully saturated rings. The van der Waals surface area contributed by atoms with Gasteiger partial charge in [0.2, 0.25) is 0 Å². The van der Waals surface area contributed by atoms with E-state index in [4.69, 9.17) is 0 Å². The summed E-state index contributed by atoms with van der Waals surface area (Å²) >= 11 is 0. The molecular formula is C20H29NO2. The molecule has 0 bridgehead atoms. The van der Waals surface area contributed by atoms with Gasteiger partial charge in [0, 0.05) is 5.41 Å². The van der Waals surface area contributed by atoms with E-state index in [1.54, 1.807) is 0 Å². The minimum absolute atomic E-state index is 0.0271. The number of aliphatic hydroxyl groups is 2. The largest absolute Gasteiger partial charge is 0.392 e. The van der Waals surface area contributed by atoms with Crippen LogP contribution in [0.3, 0.4) is 0 Å². The highest BCUT2D eigenvalue weighted by Gasteiger charge is 2.56. The fourth-order valence-electron chi connectivity index (χ4n) is 5.26. The lowest BCUT2D eigenvalue weighted by atomic mass is 9.54.